The van der Waals surface area contributed by atoms with Crippen LogP contribution in [0.15, 0.2) is 48.5 Å². The number of Topliss-reactive ketones (excluding diaryl/α,β-unsaturated/α-hetero) is 1. The number of halogens is 2. The molecule has 0 spiro atoms. The molecule has 36 heavy (non-hydrogen) atoms. The van der Waals surface area contributed by atoms with Crippen molar-refractivity contribution >= 4 is 29.3 Å². The normalized spacial score (nSPS) is 21.0. The molecule has 1 fully saturated rings. The number of hydrogen-bond acceptors (Lipinski definition) is 5. The molecule has 1 amide bonds. The minimum atomic E-state index is -1.13. The summed E-state index contributed by atoms with van der Waals surface area (Å²) in [7, 11) is 1.44. The van der Waals surface area contributed by atoms with Crippen LogP contribution in [0.25, 0.3) is 11.1 Å². The molecule has 1 heterocycles. The lowest BCUT2D eigenvalue weighted by atomic mass is 9.55. The lowest BCUT2D eigenvalue weighted by Gasteiger charge is -2.54. The number of aliphatic carboxylic acids is 1. The Labute approximate surface area is 211 Å². The van der Waals surface area contributed by atoms with E-state index in [1.54, 1.807) is 18.2 Å². The number of benzene rings is 2. The predicted molar refractivity (Wildman–Crippen MR) is 131 cm³/mol. The summed E-state index contributed by atoms with van der Waals surface area (Å²) in [6.45, 7) is 1.35. The molecule has 0 bridgehead atoms. The van der Waals surface area contributed by atoms with Gasteiger partial charge in [-0.1, -0.05) is 35.9 Å². The maximum atomic E-state index is 14.3. The van der Waals surface area contributed by atoms with Gasteiger partial charge in [-0.3, -0.25) is 19.5 Å². The van der Waals surface area contributed by atoms with Gasteiger partial charge in [-0.2, -0.15) is 5.10 Å². The lowest BCUT2D eigenvalue weighted by molar-refractivity contribution is -0.167. The van der Waals surface area contributed by atoms with Crippen LogP contribution in [0.5, 0.6) is 0 Å². The molecule has 0 aliphatic heterocycles. The van der Waals surface area contributed by atoms with Crippen molar-refractivity contribution in [2.45, 2.75) is 31.7 Å². The van der Waals surface area contributed by atoms with Crippen LogP contribution < -0.4 is 5.32 Å². The fraction of sp³-hybridized carbons (Fsp3) is 0.308. The quantitative estimate of drug-likeness (QED) is 0.367. The molecule has 1 saturated carbocycles. The van der Waals surface area contributed by atoms with Gasteiger partial charge in [0.1, 0.15) is 17.2 Å². The van der Waals surface area contributed by atoms with Crippen LogP contribution in [0.4, 0.5) is 4.39 Å². The average molecular weight is 514 g/mol. The van der Waals surface area contributed by atoms with Crippen molar-refractivity contribution in [3.63, 3.8) is 0 Å². The van der Waals surface area contributed by atoms with E-state index < -0.39 is 28.6 Å². The molecular formula is C26H25ClFN3O5. The van der Waals surface area contributed by atoms with E-state index in [2.05, 4.69) is 15.5 Å². The molecule has 10 heteroatoms. The number of H-pyrrole nitrogens is 1. The van der Waals surface area contributed by atoms with Gasteiger partial charge in [-0.05, 0) is 54.7 Å². The van der Waals surface area contributed by atoms with Crippen molar-refractivity contribution in [2.75, 3.05) is 13.7 Å². The van der Waals surface area contributed by atoms with E-state index >= 15 is 0 Å². The van der Waals surface area contributed by atoms with Gasteiger partial charge in [-0.25, -0.2) is 4.39 Å². The number of ether oxygens (including phenoxy) is 1. The number of nitrogens with zero attached hydrogens (tertiary/aromatic N) is 1. The van der Waals surface area contributed by atoms with Gasteiger partial charge in [0.2, 0.25) is 0 Å². The Morgan fingerprint density at radius 1 is 1.17 bits per heavy atom. The topological polar surface area (TPSA) is 121 Å². The molecular weight excluding hydrogens is 489 g/mol. The lowest BCUT2D eigenvalue weighted by Crippen LogP contribution is -2.66. The van der Waals surface area contributed by atoms with Crippen molar-refractivity contribution in [3.8, 4) is 11.1 Å². The number of ketones is 1. The highest BCUT2D eigenvalue weighted by Crippen LogP contribution is 2.50. The number of carbonyl (C=O) groups excluding carboxylic acids is 2. The Kier molecular flexibility index (Phi) is 6.97. The van der Waals surface area contributed by atoms with Gasteiger partial charge < -0.3 is 15.2 Å². The van der Waals surface area contributed by atoms with E-state index in [1.165, 1.54) is 32.2 Å². The van der Waals surface area contributed by atoms with Gasteiger partial charge in [0.25, 0.3) is 5.91 Å². The summed E-state index contributed by atoms with van der Waals surface area (Å²) in [5.41, 5.74) is 0.0526. The van der Waals surface area contributed by atoms with Crippen LogP contribution in [-0.2, 0) is 16.0 Å². The summed E-state index contributed by atoms with van der Waals surface area (Å²) in [5.74, 6) is -2.18. The second-order valence-electron chi connectivity index (χ2n) is 9.33. The van der Waals surface area contributed by atoms with E-state index in [0.717, 1.165) is 5.56 Å². The molecule has 8 nitrogen and oxygen atoms in total. The highest BCUT2D eigenvalue weighted by atomic mass is 35.5. The number of amides is 1. The number of nitrogens with one attached hydrogen (secondary N) is 2. The number of methoxy groups -OCH3 is 1. The highest BCUT2D eigenvalue weighted by Gasteiger charge is 2.60. The Balaban J connectivity index is 1.59. The average Bonchev–Trinajstić information content (AvgIpc) is 3.31. The van der Waals surface area contributed by atoms with Crippen LogP contribution in [0.1, 0.15) is 46.3 Å². The number of carboxylic acid groups (broad SMARTS) is 1. The Bertz CT molecular complexity index is 1320. The molecule has 3 N–H and O–H groups in total. The van der Waals surface area contributed by atoms with Crippen molar-refractivity contribution in [1.82, 2.24) is 15.5 Å². The number of aromatic amines is 1. The second-order valence-corrected chi connectivity index (χ2v) is 9.76. The molecule has 3 aromatic rings. The third-order valence-corrected chi connectivity index (χ3v) is 6.76. The van der Waals surface area contributed by atoms with E-state index in [1.807, 2.05) is 12.1 Å². The molecule has 1 aliphatic carbocycles. The minimum absolute atomic E-state index is 0.00543. The molecule has 2 aromatic carbocycles. The fourth-order valence-electron chi connectivity index (χ4n) is 4.93. The Morgan fingerprint density at radius 3 is 2.44 bits per heavy atom. The zero-order valence-corrected chi connectivity index (χ0v) is 20.5. The van der Waals surface area contributed by atoms with Crippen LogP contribution in [0.3, 0.4) is 0 Å². The Morgan fingerprint density at radius 2 is 1.86 bits per heavy atom. The smallest absolute Gasteiger partial charge is 0.312 e. The molecule has 1 aromatic heterocycles. The number of carbonyl (C=O) groups is 3. The molecule has 188 valence electrons. The maximum absolute atomic E-state index is 14.3. The number of hydrogen-bond donors (Lipinski definition) is 3. The molecule has 0 unspecified atom stereocenters. The molecule has 4 rings (SSSR count). The summed E-state index contributed by atoms with van der Waals surface area (Å²) in [4.78, 5) is 36.6. The number of carboxylic acids is 1. The second kappa shape index (κ2) is 9.83. The van der Waals surface area contributed by atoms with Crippen molar-refractivity contribution < 1.29 is 28.6 Å². The fourth-order valence-corrected chi connectivity index (χ4v) is 5.10. The molecule has 0 saturated heterocycles. The first-order valence-corrected chi connectivity index (χ1v) is 11.6. The number of rotatable bonds is 9. The minimum Gasteiger partial charge on any atom is -0.481 e. The van der Waals surface area contributed by atoms with E-state index in [4.69, 9.17) is 16.3 Å². The zero-order chi connectivity index (χ0) is 26.1. The molecule has 0 atom stereocenters. The largest absolute Gasteiger partial charge is 0.481 e. The summed E-state index contributed by atoms with van der Waals surface area (Å²) < 4.78 is 19.4. The van der Waals surface area contributed by atoms with Gasteiger partial charge in [0, 0.05) is 30.2 Å². The van der Waals surface area contributed by atoms with Crippen molar-refractivity contribution in [1.29, 1.82) is 0 Å². The standard InChI is InChI=1S/C26H25ClFN3O5/c1-15(32)21-10-22(31-30-21)23(33)29-26(12-25(13-26,14-36-2)24(34)35)11-16-3-5-17(6-4-16)19-9-18(27)7-8-20(19)28/h3-10H,11-14H2,1-2H3,(H,29,33)(H,30,31)(H,34,35). The summed E-state index contributed by atoms with van der Waals surface area (Å²) >= 11 is 6.02. The van der Waals surface area contributed by atoms with Gasteiger partial charge in [0.15, 0.2) is 5.78 Å². The maximum Gasteiger partial charge on any atom is 0.312 e. The molecule has 1 aliphatic rings. The van der Waals surface area contributed by atoms with Crippen LogP contribution in [0, 0.1) is 11.2 Å². The third-order valence-electron chi connectivity index (χ3n) is 6.53. The van der Waals surface area contributed by atoms with E-state index in [0.29, 0.717) is 22.6 Å². The Hall–Kier alpha value is -3.56. The van der Waals surface area contributed by atoms with Gasteiger partial charge in [-0.15, -0.1) is 0 Å². The van der Waals surface area contributed by atoms with Crippen molar-refractivity contribution in [3.05, 3.63) is 76.3 Å². The van der Waals surface area contributed by atoms with Crippen LogP contribution in [0.2, 0.25) is 5.02 Å². The van der Waals surface area contributed by atoms with Crippen LogP contribution >= 0.6 is 11.6 Å². The van der Waals surface area contributed by atoms with Crippen molar-refractivity contribution in [2.24, 2.45) is 5.41 Å². The predicted octanol–water partition coefficient (Wildman–Crippen LogP) is 4.29. The molecule has 0 radical (unpaired) electrons. The summed E-state index contributed by atoms with van der Waals surface area (Å²) in [6.07, 6.45) is 0.629. The number of aromatic nitrogens is 2. The third kappa shape index (κ3) is 5.03. The van der Waals surface area contributed by atoms with Crippen LogP contribution in [-0.4, -0.2) is 52.2 Å². The summed E-state index contributed by atoms with van der Waals surface area (Å²) in [6, 6.07) is 12.8. The van der Waals surface area contributed by atoms with E-state index in [9.17, 15) is 23.9 Å². The monoisotopic (exact) mass is 513 g/mol. The first kappa shape index (κ1) is 25.5. The van der Waals surface area contributed by atoms with Gasteiger partial charge in [0.05, 0.1) is 12.0 Å². The van der Waals surface area contributed by atoms with Gasteiger partial charge >= 0.3 is 5.97 Å². The zero-order valence-electron chi connectivity index (χ0n) is 19.7. The first-order chi connectivity index (χ1) is 17.1. The highest BCUT2D eigenvalue weighted by molar-refractivity contribution is 6.30. The SMILES string of the molecule is COCC1(C(=O)O)CC(Cc2ccc(-c3cc(Cl)ccc3F)cc2)(NC(=O)c2cc(C(C)=O)n[nH]2)C1. The van der Waals surface area contributed by atoms with E-state index in [-0.39, 0.29) is 36.6 Å². The first-order valence-electron chi connectivity index (χ1n) is 11.2. The summed E-state index contributed by atoms with van der Waals surface area (Å²) in [5, 5.41) is 19.6.